The van der Waals surface area contributed by atoms with Crippen LogP contribution >= 0.6 is 23.2 Å². The van der Waals surface area contributed by atoms with E-state index in [2.05, 4.69) is 5.32 Å². The van der Waals surface area contributed by atoms with Gasteiger partial charge in [0.1, 0.15) is 0 Å². The van der Waals surface area contributed by atoms with E-state index in [9.17, 15) is 13.2 Å². The molecule has 0 aliphatic carbocycles. The van der Waals surface area contributed by atoms with Crippen LogP contribution in [0.25, 0.3) is 0 Å². The smallest absolute Gasteiger partial charge is 0.383 e. The van der Waals surface area contributed by atoms with Crippen LogP contribution < -0.4 is 5.32 Å². The highest BCUT2D eigenvalue weighted by molar-refractivity contribution is 6.35. The van der Waals surface area contributed by atoms with Crippen molar-refractivity contribution >= 4 is 28.9 Å². The summed E-state index contributed by atoms with van der Waals surface area (Å²) in [6.07, 6.45) is -5.08. The fraction of sp³-hybridized carbons (Fsp3) is 0.333. The van der Waals surface area contributed by atoms with Crippen molar-refractivity contribution in [1.29, 1.82) is 0 Å². The fourth-order valence-electron chi connectivity index (χ4n) is 0.972. The number of hydrogen-bond donors (Lipinski definition) is 1. The van der Waals surface area contributed by atoms with Crippen molar-refractivity contribution in [2.75, 3.05) is 11.9 Å². The minimum Gasteiger partial charge on any atom is -0.383 e. The molecule has 0 bridgehead atoms. The van der Waals surface area contributed by atoms with Gasteiger partial charge in [-0.2, -0.15) is 13.2 Å². The van der Waals surface area contributed by atoms with Gasteiger partial charge in [-0.1, -0.05) is 23.2 Å². The summed E-state index contributed by atoms with van der Waals surface area (Å²) in [5, 5.41) is 3.35. The number of rotatable bonds is 3. The Labute approximate surface area is 95.2 Å². The van der Waals surface area contributed by atoms with Crippen molar-refractivity contribution in [3.8, 4) is 0 Å². The summed E-state index contributed by atoms with van der Waals surface area (Å²) >= 11 is 11.4. The Morgan fingerprint density at radius 3 is 2.47 bits per heavy atom. The lowest BCUT2D eigenvalue weighted by Gasteiger charge is -2.10. The van der Waals surface area contributed by atoms with Crippen LogP contribution in [0.3, 0.4) is 0 Å². The van der Waals surface area contributed by atoms with Crippen LogP contribution in [0.2, 0.25) is 10.0 Å². The summed E-state index contributed by atoms with van der Waals surface area (Å²) in [5.74, 6) is 0. The van der Waals surface area contributed by atoms with Crippen molar-refractivity contribution in [1.82, 2.24) is 0 Å². The van der Waals surface area contributed by atoms with Crippen LogP contribution in [0, 0.1) is 0 Å². The summed E-state index contributed by atoms with van der Waals surface area (Å²) < 4.78 is 35.5. The second kappa shape index (κ2) is 4.94. The van der Waals surface area contributed by atoms with Crippen LogP contribution in [0.1, 0.15) is 6.42 Å². The molecule has 6 heteroatoms. The molecule has 1 aromatic rings. The average molecular weight is 258 g/mol. The van der Waals surface area contributed by atoms with E-state index in [0.29, 0.717) is 15.7 Å². The standard InChI is InChI=1S/C9H8Cl2F3N/c10-6-1-2-7(11)8(5-6)15-4-3-9(12,13)14/h1-2,5,15H,3-4H2. The third-order valence-electron chi connectivity index (χ3n) is 1.65. The monoisotopic (exact) mass is 257 g/mol. The molecule has 15 heavy (non-hydrogen) atoms. The highest BCUT2D eigenvalue weighted by Crippen LogP contribution is 2.26. The zero-order valence-electron chi connectivity index (χ0n) is 7.54. The number of hydrogen-bond acceptors (Lipinski definition) is 1. The van der Waals surface area contributed by atoms with E-state index >= 15 is 0 Å². The normalized spacial score (nSPS) is 11.5. The lowest BCUT2D eigenvalue weighted by Crippen LogP contribution is -2.14. The number of anilines is 1. The zero-order valence-corrected chi connectivity index (χ0v) is 9.05. The van der Waals surface area contributed by atoms with Crippen LogP contribution in [-0.4, -0.2) is 12.7 Å². The minimum atomic E-state index is -4.17. The molecule has 0 unspecified atom stereocenters. The van der Waals surface area contributed by atoms with Gasteiger partial charge in [-0.3, -0.25) is 0 Å². The van der Waals surface area contributed by atoms with Crippen LogP contribution in [0.5, 0.6) is 0 Å². The maximum Gasteiger partial charge on any atom is 0.390 e. The van der Waals surface area contributed by atoms with Crippen molar-refractivity contribution in [2.24, 2.45) is 0 Å². The maximum absolute atomic E-state index is 11.8. The largest absolute Gasteiger partial charge is 0.390 e. The third kappa shape index (κ3) is 4.62. The van der Waals surface area contributed by atoms with E-state index in [0.717, 1.165) is 0 Å². The van der Waals surface area contributed by atoms with Gasteiger partial charge in [0.05, 0.1) is 17.1 Å². The van der Waals surface area contributed by atoms with Crippen LogP contribution in [0.15, 0.2) is 18.2 Å². The van der Waals surface area contributed by atoms with Crippen molar-refractivity contribution in [2.45, 2.75) is 12.6 Å². The number of nitrogens with one attached hydrogen (secondary N) is 1. The molecule has 1 aromatic carbocycles. The number of alkyl halides is 3. The molecule has 0 aliphatic heterocycles. The molecule has 0 aromatic heterocycles. The van der Waals surface area contributed by atoms with E-state index in [4.69, 9.17) is 23.2 Å². The van der Waals surface area contributed by atoms with E-state index < -0.39 is 12.6 Å². The molecular weight excluding hydrogens is 250 g/mol. The highest BCUT2D eigenvalue weighted by atomic mass is 35.5. The van der Waals surface area contributed by atoms with Crippen molar-refractivity contribution < 1.29 is 13.2 Å². The topological polar surface area (TPSA) is 12.0 Å². The summed E-state index contributed by atoms with van der Waals surface area (Å²) in [4.78, 5) is 0. The van der Waals surface area contributed by atoms with Gasteiger partial charge < -0.3 is 5.32 Å². The summed E-state index contributed by atoms with van der Waals surface area (Å²) in [5.41, 5.74) is 0.411. The predicted molar refractivity (Wildman–Crippen MR) is 55.6 cm³/mol. The molecule has 1 N–H and O–H groups in total. The SMILES string of the molecule is FC(F)(F)CCNc1cc(Cl)ccc1Cl. The first-order valence-corrected chi connectivity index (χ1v) is 4.90. The van der Waals surface area contributed by atoms with Crippen molar-refractivity contribution in [3.05, 3.63) is 28.2 Å². The first-order valence-electron chi connectivity index (χ1n) is 4.14. The van der Waals surface area contributed by atoms with E-state index in [1.165, 1.54) is 12.1 Å². The lowest BCUT2D eigenvalue weighted by molar-refractivity contribution is -0.131. The predicted octanol–water partition coefficient (Wildman–Crippen LogP) is 4.36. The third-order valence-corrected chi connectivity index (χ3v) is 2.22. The Balaban J connectivity index is 2.54. The Hall–Kier alpha value is -0.610. The first kappa shape index (κ1) is 12.5. The molecular formula is C9H8Cl2F3N. The number of halogens is 5. The number of benzene rings is 1. The second-order valence-corrected chi connectivity index (χ2v) is 3.76. The van der Waals surface area contributed by atoms with Crippen LogP contribution in [-0.2, 0) is 0 Å². The molecule has 1 rings (SSSR count). The summed E-state index contributed by atoms with van der Waals surface area (Å²) in [6, 6.07) is 4.58. The molecule has 0 spiro atoms. The average Bonchev–Trinajstić information content (AvgIpc) is 2.09. The van der Waals surface area contributed by atoms with Crippen molar-refractivity contribution in [3.63, 3.8) is 0 Å². The zero-order chi connectivity index (χ0) is 11.5. The Kier molecular flexibility index (Phi) is 4.11. The molecule has 0 fully saturated rings. The van der Waals surface area contributed by atoms with E-state index in [-0.39, 0.29) is 6.54 Å². The lowest BCUT2D eigenvalue weighted by atomic mass is 10.3. The molecule has 0 amide bonds. The van der Waals surface area contributed by atoms with Gasteiger partial charge in [0.25, 0.3) is 0 Å². The molecule has 0 radical (unpaired) electrons. The highest BCUT2D eigenvalue weighted by Gasteiger charge is 2.26. The Morgan fingerprint density at radius 2 is 1.87 bits per heavy atom. The van der Waals surface area contributed by atoms with Gasteiger partial charge >= 0.3 is 6.18 Å². The van der Waals surface area contributed by atoms with Gasteiger partial charge in [0.15, 0.2) is 0 Å². The first-order chi connectivity index (χ1) is 6.88. The Bertz CT molecular complexity index is 339. The summed E-state index contributed by atoms with van der Waals surface area (Å²) in [7, 11) is 0. The van der Waals surface area contributed by atoms with Gasteiger partial charge in [-0.25, -0.2) is 0 Å². The quantitative estimate of drug-likeness (QED) is 0.849. The van der Waals surface area contributed by atoms with E-state index in [1.807, 2.05) is 0 Å². The van der Waals surface area contributed by atoms with Gasteiger partial charge in [-0.05, 0) is 18.2 Å². The second-order valence-electron chi connectivity index (χ2n) is 2.92. The molecule has 0 saturated carbocycles. The molecule has 84 valence electrons. The minimum absolute atomic E-state index is 0.219. The molecule has 1 nitrogen and oxygen atoms in total. The summed E-state index contributed by atoms with van der Waals surface area (Å²) in [6.45, 7) is -0.219. The molecule has 0 aliphatic rings. The Morgan fingerprint density at radius 1 is 1.20 bits per heavy atom. The maximum atomic E-state index is 11.8. The molecule has 0 heterocycles. The fourth-order valence-corrected chi connectivity index (χ4v) is 1.33. The van der Waals surface area contributed by atoms with Crippen LogP contribution in [0.4, 0.5) is 18.9 Å². The van der Waals surface area contributed by atoms with Gasteiger partial charge in [-0.15, -0.1) is 0 Å². The molecule has 0 saturated heterocycles. The van der Waals surface area contributed by atoms with Gasteiger partial charge in [0.2, 0.25) is 0 Å². The van der Waals surface area contributed by atoms with E-state index in [1.54, 1.807) is 6.07 Å². The van der Waals surface area contributed by atoms with Gasteiger partial charge in [0, 0.05) is 11.6 Å². The molecule has 0 atom stereocenters.